The lowest BCUT2D eigenvalue weighted by Crippen LogP contribution is -2.07. The topological polar surface area (TPSA) is 184 Å². The van der Waals surface area contributed by atoms with Crippen molar-refractivity contribution in [3.8, 4) is 5.75 Å². The van der Waals surface area contributed by atoms with Gasteiger partial charge in [0.2, 0.25) is 0 Å². The molecule has 14 heteroatoms. The number of rotatable bonds is 20. The van der Waals surface area contributed by atoms with Gasteiger partial charge in [-0.05, 0) is 49.2 Å². The van der Waals surface area contributed by atoms with Gasteiger partial charge in [-0.2, -0.15) is 32.2 Å². The summed E-state index contributed by atoms with van der Waals surface area (Å²) in [6, 6.07) is 6.40. The maximum Gasteiger partial charge on any atom is 0.294 e. The molecule has 1 aliphatic rings. The molecule has 3 aromatic rings. The molecule has 1 aromatic heterocycles. The Labute approximate surface area is 271 Å². The Bertz CT molecular complexity index is 1750. The van der Waals surface area contributed by atoms with Gasteiger partial charge in [-0.1, -0.05) is 96.8 Å². The first-order valence-corrected chi connectivity index (χ1v) is 19.2. The van der Waals surface area contributed by atoms with Crippen molar-refractivity contribution >= 4 is 42.7 Å². The molecule has 2 aromatic carbocycles. The summed E-state index contributed by atoms with van der Waals surface area (Å²) in [4.78, 5) is 3.79. The van der Waals surface area contributed by atoms with Crippen molar-refractivity contribution in [1.29, 1.82) is 0 Å². The number of hydrogen-bond acceptors (Lipinski definition) is 9. The number of aromatic hydroxyl groups is 1. The number of imidazole rings is 1. The highest BCUT2D eigenvalue weighted by Crippen LogP contribution is 2.36. The smallest absolute Gasteiger partial charge is 0.294 e. The summed E-state index contributed by atoms with van der Waals surface area (Å²) in [5.74, 6) is 0.0361. The Morgan fingerprint density at radius 3 is 1.83 bits per heavy atom. The molecule has 12 nitrogen and oxygen atoms in total. The van der Waals surface area contributed by atoms with E-state index < -0.39 is 31.2 Å². The van der Waals surface area contributed by atoms with Crippen molar-refractivity contribution in [2.75, 3.05) is 0 Å². The lowest BCUT2D eigenvalue weighted by molar-refractivity contribution is 0.473. The van der Waals surface area contributed by atoms with Crippen molar-refractivity contribution in [3.63, 3.8) is 0 Å². The number of nitrogens with zero attached hydrogens (tertiary/aromatic N) is 5. The SMILES string of the molecule is CCCCCCCCCCCCCCCCCC1=Nn2c(nc3cc(S(=O)(=O)O)ccc32)C1N=Nc1cc(S(=O)(=O)O)ccc1O. The number of aromatic nitrogens is 2. The summed E-state index contributed by atoms with van der Waals surface area (Å²) in [5.41, 5.74) is 1.32. The first-order chi connectivity index (χ1) is 22.0. The summed E-state index contributed by atoms with van der Waals surface area (Å²) in [7, 11) is -8.96. The number of azo groups is 1. The lowest BCUT2D eigenvalue weighted by atomic mass is 10.0. The number of unbranched alkanes of at least 4 members (excludes halogenated alkanes) is 14. The average molecular weight is 676 g/mol. The molecule has 2 heterocycles. The van der Waals surface area contributed by atoms with Gasteiger partial charge >= 0.3 is 0 Å². The summed E-state index contributed by atoms with van der Waals surface area (Å²) >= 11 is 0. The summed E-state index contributed by atoms with van der Waals surface area (Å²) in [6.07, 6.45) is 19.3. The standard InChI is InChI=1S/C32H45N5O7S2/c1-2-3-4-5-6-7-8-9-10-11-12-13-14-15-16-17-26-31(35-34-28-23-25(46(42,43)44)19-21-30(28)38)32-33-27-22-24(45(39,40)41)18-20-29(27)37(32)36-26/h18-23,31,38H,2-17H2,1H3,(H,39,40,41)(H,42,43,44). The zero-order valence-corrected chi connectivity index (χ0v) is 28.0. The van der Waals surface area contributed by atoms with E-state index in [4.69, 9.17) is 5.10 Å². The van der Waals surface area contributed by atoms with E-state index >= 15 is 0 Å². The van der Waals surface area contributed by atoms with E-state index in [0.29, 0.717) is 23.5 Å². The minimum Gasteiger partial charge on any atom is -0.506 e. The van der Waals surface area contributed by atoms with Crippen LogP contribution in [-0.4, -0.2) is 46.4 Å². The second-order valence-corrected chi connectivity index (χ2v) is 14.8. The van der Waals surface area contributed by atoms with Crippen molar-refractivity contribution in [2.24, 2.45) is 15.3 Å². The summed E-state index contributed by atoms with van der Waals surface area (Å²) < 4.78 is 66.9. The van der Waals surface area contributed by atoms with Crippen LogP contribution in [-0.2, 0) is 20.2 Å². The van der Waals surface area contributed by atoms with Crippen molar-refractivity contribution in [2.45, 2.75) is 125 Å². The highest BCUT2D eigenvalue weighted by Gasteiger charge is 2.31. The van der Waals surface area contributed by atoms with Crippen LogP contribution >= 0.6 is 0 Å². The Balaban J connectivity index is 1.35. The van der Waals surface area contributed by atoms with Gasteiger partial charge in [-0.3, -0.25) is 9.11 Å². The molecule has 0 fully saturated rings. The van der Waals surface area contributed by atoms with E-state index in [0.717, 1.165) is 37.5 Å². The number of benzene rings is 2. The van der Waals surface area contributed by atoms with Gasteiger partial charge in [0.15, 0.2) is 11.9 Å². The molecule has 0 saturated carbocycles. The van der Waals surface area contributed by atoms with Crippen LogP contribution in [0.5, 0.6) is 5.75 Å². The molecular weight excluding hydrogens is 631 g/mol. The third-order valence-corrected chi connectivity index (χ3v) is 9.98. The van der Waals surface area contributed by atoms with Gasteiger partial charge in [0.1, 0.15) is 11.4 Å². The van der Waals surface area contributed by atoms with E-state index in [1.54, 1.807) is 4.68 Å². The normalized spacial score (nSPS) is 15.2. The molecular formula is C32H45N5O7S2. The monoisotopic (exact) mass is 675 g/mol. The van der Waals surface area contributed by atoms with E-state index in [1.165, 1.54) is 95.2 Å². The van der Waals surface area contributed by atoms with Gasteiger partial charge in [0.05, 0.1) is 26.5 Å². The molecule has 252 valence electrons. The quantitative estimate of drug-likeness (QED) is 0.0604. The Morgan fingerprint density at radius 1 is 0.739 bits per heavy atom. The first-order valence-electron chi connectivity index (χ1n) is 16.3. The maximum absolute atomic E-state index is 11.7. The fraction of sp³-hybridized carbons (Fsp3) is 0.562. The Morgan fingerprint density at radius 2 is 1.26 bits per heavy atom. The van der Waals surface area contributed by atoms with Gasteiger partial charge in [0, 0.05) is 0 Å². The Hall–Kier alpha value is -3.20. The highest BCUT2D eigenvalue weighted by atomic mass is 32.2. The van der Waals surface area contributed by atoms with Crippen LogP contribution in [0, 0.1) is 0 Å². The molecule has 0 saturated heterocycles. The van der Waals surface area contributed by atoms with Crippen molar-refractivity contribution in [3.05, 3.63) is 42.2 Å². The van der Waals surface area contributed by atoms with Crippen LogP contribution in [0.1, 0.15) is 122 Å². The highest BCUT2D eigenvalue weighted by molar-refractivity contribution is 7.86. The number of hydrogen-bond donors (Lipinski definition) is 3. The van der Waals surface area contributed by atoms with Crippen LogP contribution in [0.25, 0.3) is 11.0 Å². The predicted molar refractivity (Wildman–Crippen MR) is 177 cm³/mol. The second kappa shape index (κ2) is 16.6. The van der Waals surface area contributed by atoms with Crippen molar-refractivity contribution in [1.82, 2.24) is 9.66 Å². The third kappa shape index (κ3) is 9.90. The second-order valence-electron chi connectivity index (χ2n) is 11.9. The molecule has 3 N–H and O–H groups in total. The van der Waals surface area contributed by atoms with Crippen LogP contribution in [0.15, 0.2) is 61.5 Å². The molecule has 0 radical (unpaired) electrons. The first kappa shape index (κ1) is 35.7. The number of fused-ring (bicyclic) bond motifs is 3. The summed E-state index contributed by atoms with van der Waals surface area (Å²) in [6.45, 7) is 2.25. The molecule has 0 spiro atoms. The van der Waals surface area contributed by atoms with Gasteiger partial charge < -0.3 is 5.11 Å². The molecule has 0 aliphatic carbocycles. The molecule has 0 amide bonds. The zero-order chi connectivity index (χ0) is 33.2. The molecule has 1 aliphatic heterocycles. The molecule has 1 unspecified atom stereocenters. The van der Waals surface area contributed by atoms with Gasteiger partial charge in [-0.25, -0.2) is 9.66 Å². The number of phenolic OH excluding ortho intramolecular Hbond substituents is 1. The number of phenols is 1. The molecule has 4 rings (SSSR count). The fourth-order valence-corrected chi connectivity index (χ4v) is 6.69. The van der Waals surface area contributed by atoms with Crippen LogP contribution in [0.4, 0.5) is 5.69 Å². The van der Waals surface area contributed by atoms with E-state index in [9.17, 15) is 31.0 Å². The van der Waals surface area contributed by atoms with Crippen LogP contribution in [0.2, 0.25) is 0 Å². The molecule has 0 bridgehead atoms. The predicted octanol–water partition coefficient (Wildman–Crippen LogP) is 8.54. The van der Waals surface area contributed by atoms with E-state index in [2.05, 4.69) is 22.1 Å². The minimum atomic E-state index is -4.53. The van der Waals surface area contributed by atoms with Crippen LogP contribution < -0.4 is 0 Å². The summed E-state index contributed by atoms with van der Waals surface area (Å²) in [5, 5.41) is 23.4. The van der Waals surface area contributed by atoms with Crippen molar-refractivity contribution < 1.29 is 31.0 Å². The fourth-order valence-electron chi connectivity index (χ4n) is 5.69. The molecule has 46 heavy (non-hydrogen) atoms. The van der Waals surface area contributed by atoms with E-state index in [1.807, 2.05) is 0 Å². The largest absolute Gasteiger partial charge is 0.506 e. The van der Waals surface area contributed by atoms with Crippen LogP contribution in [0.3, 0.4) is 0 Å². The minimum absolute atomic E-state index is 0.162. The van der Waals surface area contributed by atoms with Gasteiger partial charge in [0.25, 0.3) is 20.2 Å². The third-order valence-electron chi connectivity index (χ3n) is 8.28. The average Bonchev–Trinajstić information content (AvgIpc) is 3.52. The molecule has 1 atom stereocenters. The lowest BCUT2D eigenvalue weighted by Gasteiger charge is -2.07. The van der Waals surface area contributed by atoms with Gasteiger partial charge in [-0.15, -0.1) is 0 Å². The Kier molecular flexibility index (Phi) is 12.8. The maximum atomic E-state index is 11.7. The zero-order valence-electron chi connectivity index (χ0n) is 26.4. The van der Waals surface area contributed by atoms with E-state index in [-0.39, 0.29) is 21.8 Å².